The normalized spacial score (nSPS) is 16.3. The standard InChI is InChI=1S/C16H29N.C2H4O2/c1-3-4-5-6-7-8-9-10-11-14-17-15-12-13-16(17)2;1-2(3)4/h12-13,15H,3-11,14H2,1-2H3;1H3,(H,3,4). The number of carbonyl (C=O) groups is 1. The number of quaternary nitrogens is 1. The van der Waals surface area contributed by atoms with Gasteiger partial charge in [-0.25, -0.2) is 0 Å². The van der Waals surface area contributed by atoms with Gasteiger partial charge in [-0.15, -0.1) is 0 Å². The van der Waals surface area contributed by atoms with Gasteiger partial charge in [-0.1, -0.05) is 51.9 Å². The molecule has 122 valence electrons. The van der Waals surface area contributed by atoms with E-state index in [-0.39, 0.29) is 0 Å². The van der Waals surface area contributed by atoms with Crippen molar-refractivity contribution in [3.8, 4) is 0 Å². The van der Waals surface area contributed by atoms with Crippen LogP contribution in [0.2, 0.25) is 0 Å². The van der Waals surface area contributed by atoms with Crippen LogP contribution in [0.1, 0.15) is 78.6 Å². The Hall–Kier alpha value is -1.09. The molecular formula is C18H33NO2. The molecule has 0 fully saturated rings. The highest BCUT2D eigenvalue weighted by atomic mass is 16.4. The first kappa shape index (κ1) is 19.9. The molecule has 0 aliphatic carbocycles. The van der Waals surface area contributed by atoms with E-state index in [1.165, 1.54) is 70.0 Å². The Balaban J connectivity index is 0.000000885. The fourth-order valence-electron chi connectivity index (χ4n) is 2.45. The SMILES string of the molecule is CC(=O)[O-].CCCCCCCCCCC[NH+]1C=CC=C1C. The average molecular weight is 295 g/mol. The van der Waals surface area contributed by atoms with E-state index in [9.17, 15) is 0 Å². The zero-order valence-electron chi connectivity index (χ0n) is 14.1. The highest BCUT2D eigenvalue weighted by molar-refractivity contribution is 5.60. The highest BCUT2D eigenvalue weighted by Gasteiger charge is 2.10. The van der Waals surface area contributed by atoms with Crippen molar-refractivity contribution < 1.29 is 14.8 Å². The number of carboxylic acid groups (broad SMARTS) is 1. The molecule has 0 aromatic rings. The summed E-state index contributed by atoms with van der Waals surface area (Å²) in [6.45, 7) is 6.77. The summed E-state index contributed by atoms with van der Waals surface area (Å²) in [5.74, 6) is -1.08. The van der Waals surface area contributed by atoms with Gasteiger partial charge in [0.05, 0.1) is 12.7 Å². The van der Waals surface area contributed by atoms with E-state index in [0.29, 0.717) is 0 Å². The lowest BCUT2D eigenvalue weighted by atomic mass is 10.1. The minimum absolute atomic E-state index is 0.972. The lowest BCUT2D eigenvalue weighted by Crippen LogP contribution is -3.04. The second-order valence-corrected chi connectivity index (χ2v) is 5.80. The summed E-state index contributed by atoms with van der Waals surface area (Å²) >= 11 is 0. The molecule has 3 nitrogen and oxygen atoms in total. The van der Waals surface area contributed by atoms with Crippen molar-refractivity contribution in [2.75, 3.05) is 6.54 Å². The van der Waals surface area contributed by atoms with Gasteiger partial charge < -0.3 is 9.90 Å². The Morgan fingerprint density at radius 3 is 1.95 bits per heavy atom. The van der Waals surface area contributed by atoms with Gasteiger partial charge in [-0.2, -0.15) is 0 Å². The summed E-state index contributed by atoms with van der Waals surface area (Å²) in [6.07, 6.45) is 19.5. The Morgan fingerprint density at radius 2 is 1.52 bits per heavy atom. The molecule has 0 saturated heterocycles. The molecule has 1 atom stereocenters. The fraction of sp³-hybridized carbons (Fsp3) is 0.722. The summed E-state index contributed by atoms with van der Waals surface area (Å²) < 4.78 is 0. The first-order valence-corrected chi connectivity index (χ1v) is 8.46. The molecule has 1 aliphatic heterocycles. The molecule has 0 aromatic heterocycles. The van der Waals surface area contributed by atoms with Gasteiger partial charge in [-0.3, -0.25) is 4.90 Å². The second-order valence-electron chi connectivity index (χ2n) is 5.80. The van der Waals surface area contributed by atoms with Gasteiger partial charge in [-0.05, 0) is 31.9 Å². The summed E-state index contributed by atoms with van der Waals surface area (Å²) in [5, 5.41) is 8.89. The lowest BCUT2D eigenvalue weighted by molar-refractivity contribution is -0.802. The Morgan fingerprint density at radius 1 is 1.05 bits per heavy atom. The van der Waals surface area contributed by atoms with Crippen molar-refractivity contribution in [1.82, 2.24) is 0 Å². The molecule has 1 rings (SSSR count). The Labute approximate surface area is 130 Å². The van der Waals surface area contributed by atoms with Crippen LogP contribution in [0.5, 0.6) is 0 Å². The predicted octanol–water partition coefficient (Wildman–Crippen LogP) is 2.59. The fourth-order valence-corrected chi connectivity index (χ4v) is 2.45. The third-order valence-electron chi connectivity index (χ3n) is 3.70. The maximum Gasteiger partial charge on any atom is 0.109 e. The molecule has 1 N–H and O–H groups in total. The zero-order chi connectivity index (χ0) is 15.9. The van der Waals surface area contributed by atoms with Gasteiger partial charge in [0.2, 0.25) is 0 Å². The van der Waals surface area contributed by atoms with Crippen molar-refractivity contribution in [2.24, 2.45) is 0 Å². The van der Waals surface area contributed by atoms with Crippen LogP contribution in [0, 0.1) is 0 Å². The van der Waals surface area contributed by atoms with E-state index in [4.69, 9.17) is 9.90 Å². The minimum Gasteiger partial charge on any atom is -0.550 e. The van der Waals surface area contributed by atoms with Crippen molar-refractivity contribution >= 4 is 5.97 Å². The van der Waals surface area contributed by atoms with Crippen LogP contribution >= 0.6 is 0 Å². The summed E-state index contributed by atoms with van der Waals surface area (Å²) in [5.41, 5.74) is 1.48. The maximum absolute atomic E-state index is 8.89. The molecule has 0 saturated carbocycles. The summed E-state index contributed by atoms with van der Waals surface area (Å²) in [4.78, 5) is 10.5. The van der Waals surface area contributed by atoms with Crippen LogP contribution in [0.3, 0.4) is 0 Å². The van der Waals surface area contributed by atoms with Crippen LogP contribution in [-0.4, -0.2) is 12.5 Å². The molecular weight excluding hydrogens is 262 g/mol. The number of hydrogen-bond donors (Lipinski definition) is 1. The predicted molar refractivity (Wildman–Crippen MR) is 86.6 cm³/mol. The van der Waals surface area contributed by atoms with Crippen LogP contribution in [-0.2, 0) is 4.79 Å². The van der Waals surface area contributed by atoms with Gasteiger partial charge in [0, 0.05) is 12.9 Å². The monoisotopic (exact) mass is 295 g/mol. The van der Waals surface area contributed by atoms with Crippen LogP contribution in [0.25, 0.3) is 0 Å². The smallest absolute Gasteiger partial charge is 0.109 e. The first-order valence-electron chi connectivity index (χ1n) is 8.46. The van der Waals surface area contributed by atoms with Crippen LogP contribution < -0.4 is 10.0 Å². The number of allylic oxidation sites excluding steroid dienone is 3. The number of unbranched alkanes of at least 4 members (excludes halogenated alkanes) is 8. The van der Waals surface area contributed by atoms with Crippen molar-refractivity contribution in [2.45, 2.75) is 78.6 Å². The third-order valence-corrected chi connectivity index (χ3v) is 3.70. The molecule has 0 bridgehead atoms. The number of hydrogen-bond acceptors (Lipinski definition) is 2. The Bertz CT molecular complexity index is 317. The average Bonchev–Trinajstić information content (AvgIpc) is 2.82. The number of carboxylic acids is 1. The van der Waals surface area contributed by atoms with E-state index in [0.717, 1.165) is 6.92 Å². The van der Waals surface area contributed by atoms with Crippen LogP contribution in [0.4, 0.5) is 0 Å². The molecule has 3 heteroatoms. The topological polar surface area (TPSA) is 44.6 Å². The van der Waals surface area contributed by atoms with Gasteiger partial charge in [0.25, 0.3) is 0 Å². The van der Waals surface area contributed by atoms with E-state index < -0.39 is 5.97 Å². The molecule has 1 aliphatic rings. The van der Waals surface area contributed by atoms with E-state index in [1.54, 1.807) is 4.90 Å². The molecule has 1 unspecified atom stereocenters. The first-order chi connectivity index (χ1) is 10.1. The summed E-state index contributed by atoms with van der Waals surface area (Å²) in [6, 6.07) is 0. The number of aliphatic carboxylic acids is 1. The summed E-state index contributed by atoms with van der Waals surface area (Å²) in [7, 11) is 0. The van der Waals surface area contributed by atoms with Crippen molar-refractivity contribution in [3.05, 3.63) is 24.0 Å². The van der Waals surface area contributed by atoms with E-state index in [2.05, 4.69) is 32.2 Å². The highest BCUT2D eigenvalue weighted by Crippen LogP contribution is 2.09. The maximum atomic E-state index is 8.89. The number of nitrogens with one attached hydrogen (secondary N) is 1. The molecule has 0 amide bonds. The van der Waals surface area contributed by atoms with Gasteiger partial charge in [0.15, 0.2) is 0 Å². The van der Waals surface area contributed by atoms with E-state index in [1.807, 2.05) is 0 Å². The Kier molecular flexibility index (Phi) is 13.2. The molecule has 1 heterocycles. The molecule has 21 heavy (non-hydrogen) atoms. The van der Waals surface area contributed by atoms with Crippen LogP contribution in [0.15, 0.2) is 24.0 Å². The zero-order valence-corrected chi connectivity index (χ0v) is 14.1. The van der Waals surface area contributed by atoms with E-state index >= 15 is 0 Å². The number of rotatable bonds is 10. The molecule has 0 spiro atoms. The third kappa shape index (κ3) is 13.6. The largest absolute Gasteiger partial charge is 0.550 e. The number of carbonyl (C=O) groups excluding carboxylic acids is 1. The van der Waals surface area contributed by atoms with Gasteiger partial charge in [0.1, 0.15) is 5.70 Å². The molecule has 0 aromatic carbocycles. The lowest BCUT2D eigenvalue weighted by Gasteiger charge is -2.10. The molecule has 0 radical (unpaired) electrons. The quantitative estimate of drug-likeness (QED) is 0.630. The van der Waals surface area contributed by atoms with Gasteiger partial charge >= 0.3 is 0 Å². The van der Waals surface area contributed by atoms with Crippen molar-refractivity contribution in [3.63, 3.8) is 0 Å². The second kappa shape index (κ2) is 13.9. The van der Waals surface area contributed by atoms with Crippen molar-refractivity contribution in [1.29, 1.82) is 0 Å². The minimum atomic E-state index is -1.08.